The summed E-state index contributed by atoms with van der Waals surface area (Å²) in [6.45, 7) is 7.06. The number of Topliss-reactive ketones (excluding diaryl/α,β-unsaturated/α-hetero) is 1. The molecule has 0 aromatic carbocycles. The molecule has 4 aliphatic rings. The molecule has 130 valence electrons. The highest BCUT2D eigenvalue weighted by atomic mass is 16.3. The van der Waals surface area contributed by atoms with E-state index in [1.807, 2.05) is 0 Å². The lowest BCUT2D eigenvalue weighted by atomic mass is 9.44. The van der Waals surface area contributed by atoms with Gasteiger partial charge >= 0.3 is 0 Å². The number of hydrogen-bond acceptors (Lipinski definition) is 2. The number of carbonyl (C=O) groups excluding carboxylic acids is 1. The number of carbonyl (C=O) groups is 1. The van der Waals surface area contributed by atoms with E-state index in [2.05, 4.69) is 20.8 Å². The minimum absolute atomic E-state index is 0.00268. The second-order valence-corrected chi connectivity index (χ2v) is 9.75. The molecule has 4 fully saturated rings. The van der Waals surface area contributed by atoms with Crippen molar-refractivity contribution in [2.75, 3.05) is 0 Å². The molecule has 0 amide bonds. The van der Waals surface area contributed by atoms with Crippen LogP contribution in [0.1, 0.15) is 78.6 Å². The van der Waals surface area contributed by atoms with E-state index >= 15 is 0 Å². The van der Waals surface area contributed by atoms with Crippen LogP contribution in [0.25, 0.3) is 0 Å². The third-order valence-electron chi connectivity index (χ3n) is 9.07. The van der Waals surface area contributed by atoms with E-state index in [0.29, 0.717) is 29.0 Å². The maximum atomic E-state index is 12.5. The van der Waals surface area contributed by atoms with Crippen LogP contribution in [0, 0.1) is 40.4 Å². The first-order valence-corrected chi connectivity index (χ1v) is 10.1. The zero-order valence-electron chi connectivity index (χ0n) is 15.2. The summed E-state index contributed by atoms with van der Waals surface area (Å²) in [5, 5.41) is 10.5. The molecule has 0 radical (unpaired) electrons. The largest absolute Gasteiger partial charge is 0.393 e. The van der Waals surface area contributed by atoms with Crippen molar-refractivity contribution in [3.05, 3.63) is 0 Å². The Hall–Kier alpha value is -0.370. The van der Waals surface area contributed by atoms with Crippen LogP contribution >= 0.6 is 0 Å². The van der Waals surface area contributed by atoms with Crippen LogP contribution < -0.4 is 0 Å². The summed E-state index contributed by atoms with van der Waals surface area (Å²) in [6.07, 6.45) is 10.2. The number of hydrogen-bond donors (Lipinski definition) is 1. The van der Waals surface area contributed by atoms with E-state index < -0.39 is 0 Å². The summed E-state index contributed by atoms with van der Waals surface area (Å²) in [5.41, 5.74) is 0.415. The first kappa shape index (κ1) is 16.1. The van der Waals surface area contributed by atoms with Crippen molar-refractivity contribution in [2.24, 2.45) is 40.4 Å². The van der Waals surface area contributed by atoms with E-state index in [0.717, 1.165) is 43.9 Å². The molecule has 8 unspecified atom stereocenters. The van der Waals surface area contributed by atoms with Gasteiger partial charge in [-0.2, -0.15) is 0 Å². The lowest BCUT2D eigenvalue weighted by molar-refractivity contribution is -0.149. The van der Waals surface area contributed by atoms with Crippen LogP contribution in [0.5, 0.6) is 0 Å². The van der Waals surface area contributed by atoms with Gasteiger partial charge in [0.25, 0.3) is 0 Å². The van der Waals surface area contributed by atoms with Crippen LogP contribution in [0.2, 0.25) is 0 Å². The molecule has 0 spiro atoms. The Balaban J connectivity index is 1.64. The second-order valence-electron chi connectivity index (χ2n) is 9.75. The van der Waals surface area contributed by atoms with Gasteiger partial charge < -0.3 is 5.11 Å². The molecule has 4 aliphatic carbocycles. The Morgan fingerprint density at radius 2 is 1.91 bits per heavy atom. The second kappa shape index (κ2) is 5.31. The predicted octanol–water partition coefficient (Wildman–Crippen LogP) is 4.60. The van der Waals surface area contributed by atoms with Crippen LogP contribution in [0.15, 0.2) is 0 Å². The number of aliphatic hydroxyl groups is 1. The molecular formula is C21H34O2. The van der Waals surface area contributed by atoms with Gasteiger partial charge in [-0.1, -0.05) is 27.2 Å². The van der Waals surface area contributed by atoms with Gasteiger partial charge in [-0.25, -0.2) is 0 Å². The fourth-order valence-corrected chi connectivity index (χ4v) is 7.61. The van der Waals surface area contributed by atoms with Gasteiger partial charge in [-0.3, -0.25) is 4.79 Å². The molecule has 2 heteroatoms. The molecule has 0 aliphatic heterocycles. The Morgan fingerprint density at radius 1 is 1.13 bits per heavy atom. The molecule has 4 saturated carbocycles. The fraction of sp³-hybridized carbons (Fsp3) is 0.952. The van der Waals surface area contributed by atoms with Gasteiger partial charge in [-0.05, 0) is 80.0 Å². The quantitative estimate of drug-likeness (QED) is 0.767. The third kappa shape index (κ3) is 2.12. The Morgan fingerprint density at radius 3 is 2.65 bits per heavy atom. The smallest absolute Gasteiger partial charge is 0.139 e. The van der Waals surface area contributed by atoms with E-state index in [1.165, 1.54) is 25.7 Å². The van der Waals surface area contributed by atoms with Gasteiger partial charge in [0.2, 0.25) is 0 Å². The minimum Gasteiger partial charge on any atom is -0.393 e. The zero-order valence-corrected chi connectivity index (χ0v) is 15.2. The summed E-state index contributed by atoms with van der Waals surface area (Å²) >= 11 is 0. The average molecular weight is 319 g/mol. The van der Waals surface area contributed by atoms with Gasteiger partial charge in [-0.15, -0.1) is 0 Å². The molecule has 2 nitrogen and oxygen atoms in total. The summed E-state index contributed by atoms with van der Waals surface area (Å²) < 4.78 is 0. The van der Waals surface area contributed by atoms with Crippen molar-refractivity contribution < 1.29 is 9.90 Å². The molecular weight excluding hydrogens is 284 g/mol. The lowest BCUT2D eigenvalue weighted by Gasteiger charge is -2.61. The van der Waals surface area contributed by atoms with E-state index in [9.17, 15) is 9.90 Å². The first-order valence-electron chi connectivity index (χ1n) is 10.1. The Bertz CT molecular complexity index is 500. The van der Waals surface area contributed by atoms with Crippen LogP contribution in [-0.2, 0) is 4.79 Å². The van der Waals surface area contributed by atoms with E-state index in [1.54, 1.807) is 0 Å². The molecule has 0 aromatic heterocycles. The predicted molar refractivity (Wildman–Crippen MR) is 91.9 cm³/mol. The minimum atomic E-state index is -0.0726. The number of aliphatic hydroxyl groups excluding tert-OH is 1. The summed E-state index contributed by atoms with van der Waals surface area (Å²) in [7, 11) is 0. The topological polar surface area (TPSA) is 37.3 Å². The maximum Gasteiger partial charge on any atom is 0.139 e. The van der Waals surface area contributed by atoms with E-state index in [4.69, 9.17) is 0 Å². The number of rotatable bonds is 1. The highest BCUT2D eigenvalue weighted by Crippen LogP contribution is 2.66. The molecule has 0 saturated heterocycles. The average Bonchev–Trinajstić information content (AvgIpc) is 2.83. The van der Waals surface area contributed by atoms with Gasteiger partial charge in [0.1, 0.15) is 5.78 Å². The first-order chi connectivity index (χ1) is 10.9. The highest BCUT2D eigenvalue weighted by molar-refractivity contribution is 5.87. The summed E-state index contributed by atoms with van der Waals surface area (Å²) in [5.74, 6) is 3.98. The van der Waals surface area contributed by atoms with Crippen molar-refractivity contribution >= 4 is 5.78 Å². The normalized spacial score (nSPS) is 55.9. The van der Waals surface area contributed by atoms with Crippen molar-refractivity contribution in [3.63, 3.8) is 0 Å². The van der Waals surface area contributed by atoms with Gasteiger partial charge in [0.05, 0.1) is 6.10 Å². The SMILES string of the molecule is CCC1CC2(C)C(CCC3C4CCC(=O)C4(C)CCC32)CC1O. The van der Waals surface area contributed by atoms with Crippen molar-refractivity contribution in [1.29, 1.82) is 0 Å². The maximum absolute atomic E-state index is 12.5. The zero-order chi connectivity index (χ0) is 16.4. The summed E-state index contributed by atoms with van der Waals surface area (Å²) in [4.78, 5) is 12.5. The highest BCUT2D eigenvalue weighted by Gasteiger charge is 2.60. The third-order valence-corrected chi connectivity index (χ3v) is 9.07. The van der Waals surface area contributed by atoms with Crippen molar-refractivity contribution in [1.82, 2.24) is 0 Å². The molecule has 23 heavy (non-hydrogen) atoms. The fourth-order valence-electron chi connectivity index (χ4n) is 7.61. The molecule has 4 rings (SSSR count). The Labute approximate surface area is 141 Å². The number of fused-ring (bicyclic) bond motifs is 5. The van der Waals surface area contributed by atoms with Crippen LogP contribution in [0.3, 0.4) is 0 Å². The van der Waals surface area contributed by atoms with E-state index in [-0.39, 0.29) is 11.5 Å². The Kier molecular flexibility index (Phi) is 3.72. The van der Waals surface area contributed by atoms with Crippen LogP contribution in [-0.4, -0.2) is 17.0 Å². The van der Waals surface area contributed by atoms with Gasteiger partial charge in [0.15, 0.2) is 0 Å². The standard InChI is InChI=1S/C21H34O2/c1-4-13-12-21(3)14(11-18(13)22)5-6-15-16-7-8-19(23)20(16,2)10-9-17(15)21/h13-18,22H,4-12H2,1-3H3. The molecule has 0 bridgehead atoms. The number of ketones is 1. The molecule has 0 aromatic rings. The molecule has 0 heterocycles. The van der Waals surface area contributed by atoms with Crippen molar-refractivity contribution in [2.45, 2.75) is 84.7 Å². The monoisotopic (exact) mass is 318 g/mol. The lowest BCUT2D eigenvalue weighted by Crippen LogP contribution is -2.55. The van der Waals surface area contributed by atoms with Crippen LogP contribution in [0.4, 0.5) is 0 Å². The summed E-state index contributed by atoms with van der Waals surface area (Å²) in [6, 6.07) is 0. The van der Waals surface area contributed by atoms with Gasteiger partial charge in [0, 0.05) is 11.8 Å². The molecule has 1 N–H and O–H groups in total. The molecule has 8 atom stereocenters. The van der Waals surface area contributed by atoms with Crippen molar-refractivity contribution in [3.8, 4) is 0 Å².